The zero-order valence-corrected chi connectivity index (χ0v) is 7.22. The van der Waals surface area contributed by atoms with Crippen LogP contribution in [0.4, 0.5) is 0 Å². The molecule has 0 atom stereocenters. The van der Waals surface area contributed by atoms with Gasteiger partial charge in [0.05, 0.1) is 6.20 Å². The smallest absolute Gasteiger partial charge is 0.0666 e. The number of aromatic nitrogens is 1. The molecule has 0 unspecified atom stereocenters. The summed E-state index contributed by atoms with van der Waals surface area (Å²) in [6, 6.07) is 8.35. The third kappa shape index (κ3) is 1.11. The Bertz CT molecular complexity index is 373. The van der Waals surface area contributed by atoms with Crippen LogP contribution in [-0.4, -0.2) is 4.98 Å². The number of H-pyrrole nitrogens is 1. The van der Waals surface area contributed by atoms with Gasteiger partial charge in [-0.2, -0.15) is 0 Å². The maximum absolute atomic E-state index is 3.19. The minimum absolute atomic E-state index is 1.12. The molecule has 0 fully saturated rings. The summed E-state index contributed by atoms with van der Waals surface area (Å²) in [7, 11) is 0. The molecule has 0 amide bonds. The molecule has 1 heterocycles. The molecule has 1 radical (unpaired) electrons. The standard InChI is InChI=1S/C11H12N/c1-2-5-9-8-12-11-7-4-3-6-10(9)11/h3-4,6-7,12H,2,5H2,1H3. The molecular weight excluding hydrogens is 146 g/mol. The fourth-order valence-electron chi connectivity index (χ4n) is 1.51. The van der Waals surface area contributed by atoms with E-state index in [1.54, 1.807) is 0 Å². The number of aryl methyl sites for hydroxylation is 1. The maximum atomic E-state index is 3.19. The Morgan fingerprint density at radius 1 is 1.33 bits per heavy atom. The van der Waals surface area contributed by atoms with Gasteiger partial charge in [-0.05, 0) is 18.1 Å². The van der Waals surface area contributed by atoms with Crippen LogP contribution < -0.4 is 0 Å². The highest BCUT2D eigenvalue weighted by Gasteiger charge is 2.00. The highest BCUT2D eigenvalue weighted by molar-refractivity contribution is 5.82. The first-order valence-corrected chi connectivity index (χ1v) is 4.39. The molecule has 1 aromatic carbocycles. The van der Waals surface area contributed by atoms with Crippen molar-refractivity contribution in [1.29, 1.82) is 0 Å². The molecule has 61 valence electrons. The molecule has 2 rings (SSSR count). The van der Waals surface area contributed by atoms with Gasteiger partial charge in [0.2, 0.25) is 0 Å². The second kappa shape index (κ2) is 3.02. The fourth-order valence-corrected chi connectivity index (χ4v) is 1.51. The number of hydrogen-bond acceptors (Lipinski definition) is 0. The number of fused-ring (bicyclic) bond motifs is 1. The quantitative estimate of drug-likeness (QED) is 0.691. The fraction of sp³-hybridized carbons (Fsp3) is 0.273. The Morgan fingerprint density at radius 3 is 3.00 bits per heavy atom. The van der Waals surface area contributed by atoms with Crippen LogP contribution in [0.2, 0.25) is 0 Å². The molecule has 2 aromatic rings. The SMILES string of the molecule is CCCc1[c][nH]c2ccccc12. The molecule has 0 aliphatic heterocycles. The van der Waals surface area contributed by atoms with Gasteiger partial charge in [-0.1, -0.05) is 31.5 Å². The van der Waals surface area contributed by atoms with Crippen LogP contribution in [0.1, 0.15) is 18.9 Å². The topological polar surface area (TPSA) is 15.8 Å². The van der Waals surface area contributed by atoms with Gasteiger partial charge in [0.25, 0.3) is 0 Å². The lowest BCUT2D eigenvalue weighted by molar-refractivity contribution is 0.927. The summed E-state index contributed by atoms with van der Waals surface area (Å²) in [6.07, 6.45) is 5.48. The number of benzene rings is 1. The molecule has 0 spiro atoms. The van der Waals surface area contributed by atoms with E-state index in [9.17, 15) is 0 Å². The van der Waals surface area contributed by atoms with Crippen LogP contribution in [0, 0.1) is 6.20 Å². The Kier molecular flexibility index (Phi) is 1.86. The molecule has 1 nitrogen and oxygen atoms in total. The molecule has 1 N–H and O–H groups in total. The van der Waals surface area contributed by atoms with Crippen molar-refractivity contribution in [2.45, 2.75) is 19.8 Å². The normalized spacial score (nSPS) is 10.8. The summed E-state index contributed by atoms with van der Waals surface area (Å²) >= 11 is 0. The van der Waals surface area contributed by atoms with Crippen molar-refractivity contribution >= 4 is 10.9 Å². The molecule has 12 heavy (non-hydrogen) atoms. The van der Waals surface area contributed by atoms with Crippen LogP contribution in [0.25, 0.3) is 10.9 Å². The van der Waals surface area contributed by atoms with E-state index in [0.717, 1.165) is 6.42 Å². The van der Waals surface area contributed by atoms with Crippen molar-refractivity contribution in [1.82, 2.24) is 4.98 Å². The molecule has 1 aromatic heterocycles. The van der Waals surface area contributed by atoms with E-state index in [0.29, 0.717) is 0 Å². The number of nitrogens with one attached hydrogen (secondary N) is 1. The summed E-state index contributed by atoms with van der Waals surface area (Å²) in [5, 5.41) is 1.32. The van der Waals surface area contributed by atoms with Crippen LogP contribution in [0.5, 0.6) is 0 Å². The second-order valence-corrected chi connectivity index (χ2v) is 3.02. The summed E-state index contributed by atoms with van der Waals surface area (Å²) in [5.41, 5.74) is 2.51. The first kappa shape index (κ1) is 7.41. The van der Waals surface area contributed by atoms with E-state index >= 15 is 0 Å². The van der Waals surface area contributed by atoms with Crippen LogP contribution in [0.3, 0.4) is 0 Å². The van der Waals surface area contributed by atoms with Crippen molar-refractivity contribution in [2.24, 2.45) is 0 Å². The van der Waals surface area contributed by atoms with E-state index in [2.05, 4.69) is 36.3 Å². The minimum atomic E-state index is 1.12. The Morgan fingerprint density at radius 2 is 2.17 bits per heavy atom. The summed E-state index contributed by atoms with van der Waals surface area (Å²) in [5.74, 6) is 0. The van der Waals surface area contributed by atoms with Crippen LogP contribution >= 0.6 is 0 Å². The maximum Gasteiger partial charge on any atom is 0.0666 e. The highest BCUT2D eigenvalue weighted by Crippen LogP contribution is 2.17. The predicted molar refractivity (Wildman–Crippen MR) is 51.1 cm³/mol. The zero-order chi connectivity index (χ0) is 8.39. The van der Waals surface area contributed by atoms with Crippen molar-refractivity contribution in [2.75, 3.05) is 0 Å². The number of hydrogen-bond donors (Lipinski definition) is 1. The zero-order valence-electron chi connectivity index (χ0n) is 7.22. The van der Waals surface area contributed by atoms with Crippen molar-refractivity contribution in [3.63, 3.8) is 0 Å². The van der Waals surface area contributed by atoms with Crippen LogP contribution in [0.15, 0.2) is 24.3 Å². The highest BCUT2D eigenvalue weighted by atomic mass is 14.7. The summed E-state index contributed by atoms with van der Waals surface area (Å²) in [6.45, 7) is 2.19. The number of rotatable bonds is 2. The lowest BCUT2D eigenvalue weighted by Crippen LogP contribution is -1.78. The van der Waals surface area contributed by atoms with Gasteiger partial charge in [-0.25, -0.2) is 0 Å². The van der Waals surface area contributed by atoms with Gasteiger partial charge >= 0.3 is 0 Å². The minimum Gasteiger partial charge on any atom is -0.353 e. The average Bonchev–Trinajstić information content (AvgIpc) is 2.50. The predicted octanol–water partition coefficient (Wildman–Crippen LogP) is 2.92. The van der Waals surface area contributed by atoms with E-state index < -0.39 is 0 Å². The largest absolute Gasteiger partial charge is 0.353 e. The average molecular weight is 158 g/mol. The molecule has 0 aliphatic carbocycles. The lowest BCUT2D eigenvalue weighted by atomic mass is 10.1. The summed E-state index contributed by atoms with van der Waals surface area (Å²) < 4.78 is 0. The third-order valence-corrected chi connectivity index (χ3v) is 2.10. The molecule has 1 heteroatoms. The summed E-state index contributed by atoms with van der Waals surface area (Å²) in [4.78, 5) is 3.15. The van der Waals surface area contributed by atoms with E-state index in [-0.39, 0.29) is 0 Å². The Labute approximate surface area is 72.4 Å². The first-order valence-electron chi connectivity index (χ1n) is 4.39. The number of aromatic amines is 1. The monoisotopic (exact) mass is 158 g/mol. The van der Waals surface area contributed by atoms with Crippen molar-refractivity contribution in [3.05, 3.63) is 36.0 Å². The van der Waals surface area contributed by atoms with E-state index in [1.165, 1.54) is 22.9 Å². The van der Waals surface area contributed by atoms with Gasteiger partial charge in [0.15, 0.2) is 0 Å². The van der Waals surface area contributed by atoms with Gasteiger partial charge in [-0.3, -0.25) is 0 Å². The Balaban J connectivity index is 2.55. The Hall–Kier alpha value is -1.24. The van der Waals surface area contributed by atoms with Gasteiger partial charge < -0.3 is 4.98 Å². The van der Waals surface area contributed by atoms with Gasteiger partial charge in [0.1, 0.15) is 0 Å². The van der Waals surface area contributed by atoms with Gasteiger partial charge in [-0.15, -0.1) is 0 Å². The van der Waals surface area contributed by atoms with E-state index in [4.69, 9.17) is 0 Å². The molecule has 0 aliphatic rings. The van der Waals surface area contributed by atoms with Gasteiger partial charge in [0, 0.05) is 10.9 Å². The van der Waals surface area contributed by atoms with Crippen molar-refractivity contribution in [3.8, 4) is 0 Å². The van der Waals surface area contributed by atoms with Crippen molar-refractivity contribution < 1.29 is 0 Å². The molecular formula is C11H12N. The third-order valence-electron chi connectivity index (χ3n) is 2.10. The molecule has 0 saturated carbocycles. The second-order valence-electron chi connectivity index (χ2n) is 3.02. The van der Waals surface area contributed by atoms with E-state index in [1.807, 2.05) is 6.07 Å². The lowest BCUT2D eigenvalue weighted by Gasteiger charge is -1.93. The number of para-hydroxylation sites is 1. The molecule has 0 bridgehead atoms. The first-order chi connectivity index (χ1) is 5.92. The molecule has 0 saturated heterocycles. The van der Waals surface area contributed by atoms with Crippen LogP contribution in [-0.2, 0) is 6.42 Å².